The Bertz CT molecular complexity index is 1320. The molecule has 0 aliphatic heterocycles. The summed E-state index contributed by atoms with van der Waals surface area (Å²) in [6, 6.07) is 11.9. The molecule has 0 fully saturated rings. The Morgan fingerprint density at radius 3 is 1.41 bits per heavy atom. The van der Waals surface area contributed by atoms with Crippen LogP contribution in [0.5, 0.6) is 11.5 Å². The number of hydrogen-bond acceptors (Lipinski definition) is 10. The van der Waals surface area contributed by atoms with E-state index in [-0.39, 0.29) is 18.6 Å². The lowest BCUT2D eigenvalue weighted by molar-refractivity contribution is -0.143. The molecule has 2 amide bonds. The van der Waals surface area contributed by atoms with Crippen molar-refractivity contribution in [1.82, 2.24) is 10.6 Å². The first-order valence-electron chi connectivity index (χ1n) is 15.3. The number of alkyl halides is 1. The zero-order chi connectivity index (χ0) is 37.6. The van der Waals surface area contributed by atoms with Gasteiger partial charge in [-0.05, 0) is 76.9 Å². The molecule has 12 nitrogen and oxygen atoms in total. The SMILES string of the molecule is C=CCBr.C=CCOc1ccc(CC(NC(=O)OC(C)(C)C)C(=O)OC)cc1.COC(=O)C(Cc1ccc(O)cc1)NC(=O)OC(C)(C)C. The molecule has 0 saturated carbocycles. The van der Waals surface area contributed by atoms with Gasteiger partial charge in [-0.2, -0.15) is 0 Å². The first-order chi connectivity index (χ1) is 22.9. The number of phenolic OH excluding ortho intramolecular Hbond substituents is 1. The van der Waals surface area contributed by atoms with Gasteiger partial charge in [-0.15, -0.1) is 6.58 Å². The molecule has 0 saturated heterocycles. The normalized spacial score (nSPS) is 11.7. The molecule has 49 heavy (non-hydrogen) atoms. The Balaban J connectivity index is 0.000000853. The largest absolute Gasteiger partial charge is 0.508 e. The van der Waals surface area contributed by atoms with Crippen molar-refractivity contribution in [3.8, 4) is 11.5 Å². The first kappa shape index (κ1) is 44.5. The lowest BCUT2D eigenvalue weighted by atomic mass is 10.1. The van der Waals surface area contributed by atoms with Gasteiger partial charge in [0.15, 0.2) is 0 Å². The van der Waals surface area contributed by atoms with Crippen LogP contribution in [0.25, 0.3) is 0 Å². The number of allylic oxidation sites excluding steroid dienone is 1. The number of aromatic hydroxyl groups is 1. The van der Waals surface area contributed by atoms with Crippen molar-refractivity contribution < 1.29 is 48.0 Å². The number of methoxy groups -OCH3 is 2. The second-order valence-corrected chi connectivity index (χ2v) is 12.9. The predicted molar refractivity (Wildman–Crippen MR) is 192 cm³/mol. The Kier molecular flexibility index (Phi) is 20.8. The summed E-state index contributed by atoms with van der Waals surface area (Å²) in [5.74, 6) is -0.261. The molecule has 0 aliphatic rings. The van der Waals surface area contributed by atoms with Crippen molar-refractivity contribution >= 4 is 40.1 Å². The van der Waals surface area contributed by atoms with E-state index in [9.17, 15) is 24.3 Å². The summed E-state index contributed by atoms with van der Waals surface area (Å²) in [6.45, 7) is 17.9. The van der Waals surface area contributed by atoms with Gasteiger partial charge in [-0.25, -0.2) is 19.2 Å². The highest BCUT2D eigenvalue weighted by molar-refractivity contribution is 9.09. The number of esters is 2. The molecule has 13 heteroatoms. The molecular weight excluding hydrogens is 700 g/mol. The summed E-state index contributed by atoms with van der Waals surface area (Å²) in [7, 11) is 2.53. The van der Waals surface area contributed by atoms with Gasteiger partial charge in [-0.3, -0.25) is 0 Å². The monoisotopic (exact) mass is 750 g/mol. The third-order valence-corrected chi connectivity index (χ3v) is 6.03. The number of halogens is 1. The lowest BCUT2D eigenvalue weighted by Gasteiger charge is -2.22. The van der Waals surface area contributed by atoms with Gasteiger partial charge in [-0.1, -0.05) is 58.9 Å². The van der Waals surface area contributed by atoms with E-state index in [0.29, 0.717) is 12.4 Å². The van der Waals surface area contributed by atoms with E-state index < -0.39 is 47.4 Å². The molecule has 3 N–H and O–H groups in total. The van der Waals surface area contributed by atoms with Crippen molar-refractivity contribution in [2.75, 3.05) is 26.2 Å². The van der Waals surface area contributed by atoms with E-state index in [4.69, 9.17) is 18.9 Å². The smallest absolute Gasteiger partial charge is 0.408 e. The summed E-state index contributed by atoms with van der Waals surface area (Å²) in [4.78, 5) is 47.3. The highest BCUT2D eigenvalue weighted by Gasteiger charge is 2.26. The number of phenols is 1. The fraction of sp³-hybridized carbons (Fsp3) is 0.444. The molecule has 0 aromatic heterocycles. The van der Waals surface area contributed by atoms with E-state index >= 15 is 0 Å². The molecule has 0 radical (unpaired) electrons. The Hall–Kier alpha value is -4.52. The van der Waals surface area contributed by atoms with E-state index in [1.807, 2.05) is 12.1 Å². The molecule has 0 aliphatic carbocycles. The van der Waals surface area contributed by atoms with Crippen LogP contribution in [0.4, 0.5) is 9.59 Å². The maximum absolute atomic E-state index is 11.9. The number of ether oxygens (including phenoxy) is 5. The van der Waals surface area contributed by atoms with E-state index in [0.717, 1.165) is 16.5 Å². The molecule has 2 atom stereocenters. The summed E-state index contributed by atoms with van der Waals surface area (Å²) in [5, 5.41) is 15.2. The number of benzene rings is 2. The number of hydrogen-bond donors (Lipinski definition) is 3. The zero-order valence-electron chi connectivity index (χ0n) is 29.7. The van der Waals surface area contributed by atoms with Gasteiger partial charge in [0.2, 0.25) is 0 Å². The molecular formula is C36H51BrN2O10. The van der Waals surface area contributed by atoms with Crippen molar-refractivity contribution in [1.29, 1.82) is 0 Å². The van der Waals surface area contributed by atoms with E-state index in [2.05, 4.69) is 44.5 Å². The van der Waals surface area contributed by atoms with Crippen LogP contribution >= 0.6 is 15.9 Å². The number of carbonyl (C=O) groups is 4. The van der Waals surface area contributed by atoms with Gasteiger partial charge < -0.3 is 39.4 Å². The maximum Gasteiger partial charge on any atom is 0.408 e. The van der Waals surface area contributed by atoms with E-state index in [1.54, 1.807) is 78.0 Å². The molecule has 0 bridgehead atoms. The topological polar surface area (TPSA) is 159 Å². The fourth-order valence-electron chi connectivity index (χ4n) is 3.55. The zero-order valence-corrected chi connectivity index (χ0v) is 31.3. The van der Waals surface area contributed by atoms with Gasteiger partial charge >= 0.3 is 24.1 Å². The van der Waals surface area contributed by atoms with Crippen molar-refractivity contribution in [2.45, 2.75) is 77.7 Å². The number of alkyl carbamates (subject to hydrolysis) is 2. The van der Waals surface area contributed by atoms with Gasteiger partial charge in [0.25, 0.3) is 0 Å². The predicted octanol–water partition coefficient (Wildman–Crippen LogP) is 6.43. The standard InChI is InChI=1S/C18H25NO5.C15H21NO5.C3H5Br/c1-6-11-23-14-9-7-13(8-10-14)12-15(16(20)22-5)19-17(21)24-18(2,3)4;1-15(2,3)21-14(19)16-12(13(18)20-4)9-10-5-7-11(17)8-6-10;1-2-3-4/h6-10,15H,1,11-12H2,2-5H3,(H,19,21);5-8,12,17H,9H2,1-4H3,(H,16,19);2H,1,3H2. The molecule has 2 aromatic carbocycles. The number of nitrogens with one attached hydrogen (secondary N) is 2. The minimum Gasteiger partial charge on any atom is -0.508 e. The van der Waals surface area contributed by atoms with Crippen LogP contribution in [0.15, 0.2) is 73.8 Å². The molecule has 272 valence electrons. The van der Waals surface area contributed by atoms with Crippen molar-refractivity contribution in [2.24, 2.45) is 0 Å². The van der Waals surface area contributed by atoms with E-state index in [1.165, 1.54) is 26.4 Å². The number of carbonyl (C=O) groups excluding carboxylic acids is 4. The van der Waals surface area contributed by atoms with Crippen LogP contribution in [-0.4, -0.2) is 78.7 Å². The van der Waals surface area contributed by atoms with Gasteiger partial charge in [0, 0.05) is 18.2 Å². The van der Waals surface area contributed by atoms with Gasteiger partial charge in [0.1, 0.15) is 41.4 Å². The molecule has 0 heterocycles. The second kappa shape index (κ2) is 22.9. The summed E-state index contributed by atoms with van der Waals surface area (Å²) in [5.41, 5.74) is 0.338. The van der Waals surface area contributed by atoms with Crippen LogP contribution in [0, 0.1) is 0 Å². The summed E-state index contributed by atoms with van der Waals surface area (Å²) < 4.78 is 25.1. The highest BCUT2D eigenvalue weighted by Crippen LogP contribution is 2.15. The minimum absolute atomic E-state index is 0.133. The third kappa shape index (κ3) is 21.9. The summed E-state index contributed by atoms with van der Waals surface area (Å²) in [6.07, 6.45) is 2.63. The number of amides is 2. The number of rotatable bonds is 12. The highest BCUT2D eigenvalue weighted by atomic mass is 79.9. The van der Waals surface area contributed by atoms with Crippen LogP contribution in [0.2, 0.25) is 0 Å². The Labute approximate surface area is 298 Å². The second-order valence-electron chi connectivity index (χ2n) is 12.2. The maximum atomic E-state index is 11.9. The molecule has 2 aromatic rings. The fourth-order valence-corrected chi connectivity index (χ4v) is 3.55. The van der Waals surface area contributed by atoms with Crippen LogP contribution in [-0.2, 0) is 41.4 Å². The van der Waals surface area contributed by atoms with Crippen molar-refractivity contribution in [3.63, 3.8) is 0 Å². The van der Waals surface area contributed by atoms with Crippen LogP contribution in [0.1, 0.15) is 52.7 Å². The third-order valence-electron chi connectivity index (χ3n) is 5.57. The minimum atomic E-state index is -0.852. The lowest BCUT2D eigenvalue weighted by Crippen LogP contribution is -2.45. The van der Waals surface area contributed by atoms with Gasteiger partial charge in [0.05, 0.1) is 14.2 Å². The molecule has 2 unspecified atom stereocenters. The summed E-state index contributed by atoms with van der Waals surface area (Å²) >= 11 is 3.13. The van der Waals surface area contributed by atoms with Crippen LogP contribution < -0.4 is 15.4 Å². The average molecular weight is 752 g/mol. The molecule has 2 rings (SSSR count). The Morgan fingerprint density at radius 1 is 0.735 bits per heavy atom. The average Bonchev–Trinajstić information content (AvgIpc) is 3.02. The first-order valence-corrected chi connectivity index (χ1v) is 16.4. The van der Waals surface area contributed by atoms with Crippen molar-refractivity contribution in [3.05, 3.63) is 85.0 Å². The quantitative estimate of drug-likeness (QED) is 0.0956. The Morgan fingerprint density at radius 2 is 1.10 bits per heavy atom. The molecule has 0 spiro atoms. The van der Waals surface area contributed by atoms with Crippen LogP contribution in [0.3, 0.4) is 0 Å².